The number of nitrogens with zero attached hydrogens (tertiary/aromatic N) is 1. The van der Waals surface area contributed by atoms with Gasteiger partial charge in [-0.2, -0.15) is 0 Å². The zero-order chi connectivity index (χ0) is 18.1. The first-order chi connectivity index (χ1) is 12.2. The smallest absolute Gasteiger partial charge is 0.223 e. The molecule has 0 atom stereocenters. The Labute approximate surface area is 151 Å². The molecule has 1 aliphatic rings. The average molecular weight is 345 g/mol. The summed E-state index contributed by atoms with van der Waals surface area (Å²) in [5, 5.41) is 6.47. The zero-order valence-corrected chi connectivity index (χ0v) is 15.6. The van der Waals surface area contributed by atoms with Gasteiger partial charge in [-0.15, -0.1) is 0 Å². The van der Waals surface area contributed by atoms with Crippen molar-refractivity contribution in [2.24, 2.45) is 0 Å². The van der Waals surface area contributed by atoms with Gasteiger partial charge in [-0.3, -0.25) is 9.59 Å². The summed E-state index contributed by atoms with van der Waals surface area (Å²) in [6, 6.07) is 6.02. The third-order valence-corrected chi connectivity index (χ3v) is 4.83. The van der Waals surface area contributed by atoms with Gasteiger partial charge in [0, 0.05) is 31.5 Å². The van der Waals surface area contributed by atoms with Crippen LogP contribution in [0.25, 0.3) is 0 Å². The Morgan fingerprint density at radius 1 is 1.16 bits per heavy atom. The molecule has 1 aromatic rings. The van der Waals surface area contributed by atoms with Crippen molar-refractivity contribution in [3.8, 4) is 0 Å². The molecule has 0 bridgehead atoms. The number of benzene rings is 1. The number of Topliss-reactive ketones (excluding diaryl/α,β-unsaturated/α-hetero) is 1. The molecule has 2 N–H and O–H groups in total. The van der Waals surface area contributed by atoms with Crippen molar-refractivity contribution >= 4 is 11.7 Å². The molecule has 5 nitrogen and oxygen atoms in total. The van der Waals surface area contributed by atoms with Crippen LogP contribution in [-0.2, 0) is 17.6 Å². The van der Waals surface area contributed by atoms with Crippen LogP contribution in [0.3, 0.4) is 0 Å². The Morgan fingerprint density at radius 3 is 2.64 bits per heavy atom. The van der Waals surface area contributed by atoms with Crippen LogP contribution in [0.1, 0.15) is 47.7 Å². The summed E-state index contributed by atoms with van der Waals surface area (Å²) >= 11 is 0. The second-order valence-electron chi connectivity index (χ2n) is 6.59. The maximum absolute atomic E-state index is 12.5. The molecule has 0 unspecified atom stereocenters. The molecule has 0 fully saturated rings. The fraction of sp³-hybridized carbons (Fsp3) is 0.600. The Kier molecular flexibility index (Phi) is 8.09. The van der Waals surface area contributed by atoms with Crippen molar-refractivity contribution in [2.75, 3.05) is 39.8 Å². The van der Waals surface area contributed by atoms with Gasteiger partial charge >= 0.3 is 0 Å². The number of rotatable bonds is 9. The molecule has 0 saturated carbocycles. The number of nitrogens with one attached hydrogen (secondary N) is 2. The molecule has 0 aromatic heterocycles. The van der Waals surface area contributed by atoms with Crippen LogP contribution >= 0.6 is 0 Å². The van der Waals surface area contributed by atoms with Crippen molar-refractivity contribution in [2.45, 2.75) is 39.0 Å². The Balaban J connectivity index is 1.89. The number of carbonyl (C=O) groups is 2. The minimum atomic E-state index is 0.0691. The van der Waals surface area contributed by atoms with Crippen molar-refractivity contribution in [1.29, 1.82) is 0 Å². The molecule has 138 valence electrons. The molecule has 0 aliphatic carbocycles. The van der Waals surface area contributed by atoms with E-state index in [1.165, 1.54) is 11.1 Å². The summed E-state index contributed by atoms with van der Waals surface area (Å²) in [5.74, 6) is 0.144. The lowest BCUT2D eigenvalue weighted by atomic mass is 9.97. The van der Waals surface area contributed by atoms with E-state index in [1.807, 2.05) is 31.0 Å². The van der Waals surface area contributed by atoms with Gasteiger partial charge in [0.2, 0.25) is 5.91 Å². The van der Waals surface area contributed by atoms with Gasteiger partial charge in [0.25, 0.3) is 0 Å². The lowest BCUT2D eigenvalue weighted by Crippen LogP contribution is -2.33. The lowest BCUT2D eigenvalue weighted by Gasteiger charge is -2.20. The molecule has 25 heavy (non-hydrogen) atoms. The molecular weight excluding hydrogens is 314 g/mol. The molecule has 2 rings (SSSR count). The summed E-state index contributed by atoms with van der Waals surface area (Å²) in [6.07, 6.45) is 3.50. The van der Waals surface area contributed by atoms with Gasteiger partial charge in [0.05, 0.1) is 0 Å². The van der Waals surface area contributed by atoms with E-state index in [4.69, 9.17) is 0 Å². The summed E-state index contributed by atoms with van der Waals surface area (Å²) in [7, 11) is 1.91. The van der Waals surface area contributed by atoms with Gasteiger partial charge in [-0.1, -0.05) is 12.1 Å². The first-order valence-electron chi connectivity index (χ1n) is 9.43. The standard InChI is InChI=1S/C20H31N3O2/c1-3-23(14-4-11-21-2)20(25)8-7-19(24)18-6-5-16-9-12-22-13-10-17(16)15-18/h5-6,15,21-22H,3-4,7-14H2,1-2H3. The molecule has 1 aromatic carbocycles. The van der Waals surface area contributed by atoms with Crippen LogP contribution in [0.2, 0.25) is 0 Å². The number of fused-ring (bicyclic) bond motifs is 1. The number of ketones is 1. The van der Waals surface area contributed by atoms with Crippen LogP contribution in [0.15, 0.2) is 18.2 Å². The highest BCUT2D eigenvalue weighted by molar-refractivity contribution is 5.98. The van der Waals surface area contributed by atoms with Gasteiger partial charge in [0.1, 0.15) is 0 Å². The highest BCUT2D eigenvalue weighted by Gasteiger charge is 2.16. The van der Waals surface area contributed by atoms with E-state index in [0.717, 1.165) is 51.0 Å². The quantitative estimate of drug-likeness (QED) is 0.529. The first-order valence-corrected chi connectivity index (χ1v) is 9.43. The normalized spacial score (nSPS) is 13.8. The van der Waals surface area contributed by atoms with E-state index in [1.54, 1.807) is 0 Å². The molecule has 1 heterocycles. The molecule has 0 spiro atoms. The van der Waals surface area contributed by atoms with Gasteiger partial charge < -0.3 is 15.5 Å². The minimum Gasteiger partial charge on any atom is -0.343 e. The molecular formula is C20H31N3O2. The topological polar surface area (TPSA) is 61.4 Å². The van der Waals surface area contributed by atoms with E-state index in [9.17, 15) is 9.59 Å². The van der Waals surface area contributed by atoms with Crippen molar-refractivity contribution in [3.63, 3.8) is 0 Å². The van der Waals surface area contributed by atoms with E-state index in [2.05, 4.69) is 16.7 Å². The maximum atomic E-state index is 12.5. The summed E-state index contributed by atoms with van der Waals surface area (Å²) in [4.78, 5) is 26.7. The summed E-state index contributed by atoms with van der Waals surface area (Å²) in [6.45, 7) is 6.28. The fourth-order valence-electron chi connectivity index (χ4n) is 3.28. The van der Waals surface area contributed by atoms with Crippen LogP contribution in [0.5, 0.6) is 0 Å². The highest BCUT2D eigenvalue weighted by Crippen LogP contribution is 2.17. The summed E-state index contributed by atoms with van der Waals surface area (Å²) < 4.78 is 0. The number of hydrogen-bond acceptors (Lipinski definition) is 4. The van der Waals surface area contributed by atoms with Crippen molar-refractivity contribution in [1.82, 2.24) is 15.5 Å². The van der Waals surface area contributed by atoms with Gasteiger partial charge in [-0.05, 0) is 70.1 Å². The third-order valence-electron chi connectivity index (χ3n) is 4.83. The molecule has 1 aliphatic heterocycles. The van der Waals surface area contributed by atoms with Crippen LogP contribution in [0, 0.1) is 0 Å². The van der Waals surface area contributed by atoms with E-state index in [-0.39, 0.29) is 11.7 Å². The number of amides is 1. The second-order valence-corrected chi connectivity index (χ2v) is 6.59. The van der Waals surface area contributed by atoms with Crippen molar-refractivity contribution < 1.29 is 9.59 Å². The highest BCUT2D eigenvalue weighted by atomic mass is 16.2. The number of hydrogen-bond donors (Lipinski definition) is 2. The average Bonchev–Trinajstić information content (AvgIpc) is 2.87. The second kappa shape index (κ2) is 10.3. The molecule has 1 amide bonds. The molecule has 0 saturated heterocycles. The van der Waals surface area contributed by atoms with Crippen molar-refractivity contribution in [3.05, 3.63) is 34.9 Å². The Hall–Kier alpha value is -1.72. The van der Waals surface area contributed by atoms with Crippen LogP contribution < -0.4 is 10.6 Å². The van der Waals surface area contributed by atoms with E-state index >= 15 is 0 Å². The monoisotopic (exact) mass is 345 g/mol. The predicted octanol–water partition coefficient (Wildman–Crippen LogP) is 1.80. The summed E-state index contributed by atoms with van der Waals surface area (Å²) in [5.41, 5.74) is 3.34. The van der Waals surface area contributed by atoms with E-state index < -0.39 is 0 Å². The van der Waals surface area contributed by atoms with Crippen LogP contribution in [0.4, 0.5) is 0 Å². The largest absolute Gasteiger partial charge is 0.343 e. The SMILES string of the molecule is CCN(CCCNC)C(=O)CCC(=O)c1ccc2c(c1)CCNCC2. The maximum Gasteiger partial charge on any atom is 0.223 e. The number of carbonyl (C=O) groups excluding carboxylic acids is 2. The van der Waals surface area contributed by atoms with Gasteiger partial charge in [-0.25, -0.2) is 0 Å². The van der Waals surface area contributed by atoms with Crippen LogP contribution in [-0.4, -0.2) is 56.4 Å². The first kappa shape index (κ1) is 19.6. The minimum absolute atomic E-state index is 0.0691. The third kappa shape index (κ3) is 5.94. The van der Waals surface area contributed by atoms with E-state index in [0.29, 0.717) is 19.4 Å². The molecule has 0 radical (unpaired) electrons. The Bertz CT molecular complexity index is 586. The lowest BCUT2D eigenvalue weighted by molar-refractivity contribution is -0.131. The predicted molar refractivity (Wildman–Crippen MR) is 101 cm³/mol. The zero-order valence-electron chi connectivity index (χ0n) is 15.6. The Morgan fingerprint density at radius 2 is 1.92 bits per heavy atom. The molecule has 5 heteroatoms. The van der Waals surface area contributed by atoms with Gasteiger partial charge in [0.15, 0.2) is 5.78 Å². The fourth-order valence-corrected chi connectivity index (χ4v) is 3.28.